The summed E-state index contributed by atoms with van der Waals surface area (Å²) < 4.78 is 0. The molecule has 0 spiro atoms. The van der Waals surface area contributed by atoms with Gasteiger partial charge >= 0.3 is 0 Å². The highest BCUT2D eigenvalue weighted by atomic mass is 15.0. The van der Waals surface area contributed by atoms with Gasteiger partial charge in [0.25, 0.3) is 0 Å². The molecule has 1 heterocycles. The second kappa shape index (κ2) is 10.8. The van der Waals surface area contributed by atoms with Crippen LogP contribution >= 0.6 is 0 Å². The average Bonchev–Trinajstić information content (AvgIpc) is 3.14. The lowest BCUT2D eigenvalue weighted by atomic mass is 9.93. The fourth-order valence-corrected chi connectivity index (χ4v) is 6.57. The molecule has 0 unspecified atom stereocenters. The van der Waals surface area contributed by atoms with Crippen molar-refractivity contribution in [3.05, 3.63) is 164 Å². The predicted molar refractivity (Wildman–Crippen MR) is 192 cm³/mol. The van der Waals surface area contributed by atoms with Gasteiger partial charge in [0.1, 0.15) is 0 Å². The van der Waals surface area contributed by atoms with Crippen molar-refractivity contribution in [2.75, 3.05) is 0 Å². The van der Waals surface area contributed by atoms with E-state index in [0.717, 1.165) is 38.4 Å². The summed E-state index contributed by atoms with van der Waals surface area (Å²) >= 11 is 0. The van der Waals surface area contributed by atoms with E-state index in [2.05, 4.69) is 146 Å². The van der Waals surface area contributed by atoms with Crippen molar-refractivity contribution in [3.63, 3.8) is 0 Å². The van der Waals surface area contributed by atoms with Gasteiger partial charge in [-0.25, -0.2) is 15.0 Å². The van der Waals surface area contributed by atoms with E-state index in [9.17, 15) is 0 Å². The van der Waals surface area contributed by atoms with E-state index in [4.69, 9.17) is 15.0 Å². The van der Waals surface area contributed by atoms with E-state index in [1.807, 2.05) is 18.2 Å². The molecule has 0 aliphatic rings. The minimum Gasteiger partial charge on any atom is -0.208 e. The van der Waals surface area contributed by atoms with Crippen molar-refractivity contribution in [2.45, 2.75) is 0 Å². The molecule has 0 saturated heterocycles. The van der Waals surface area contributed by atoms with Crippen LogP contribution in [0.25, 0.3) is 88.4 Å². The van der Waals surface area contributed by atoms with E-state index in [1.54, 1.807) is 0 Å². The van der Waals surface area contributed by atoms with Crippen molar-refractivity contribution in [3.8, 4) is 45.3 Å². The molecule has 3 heteroatoms. The van der Waals surface area contributed by atoms with E-state index in [-0.39, 0.29) is 0 Å². The molecular weight excluding hydrogens is 558 g/mol. The number of fused-ring (bicyclic) bond motifs is 5. The summed E-state index contributed by atoms with van der Waals surface area (Å²) in [7, 11) is 0. The summed E-state index contributed by atoms with van der Waals surface area (Å²) in [5.74, 6) is 1.97. The highest BCUT2D eigenvalue weighted by molar-refractivity contribution is 6.19. The monoisotopic (exact) mass is 585 g/mol. The summed E-state index contributed by atoms with van der Waals surface area (Å²) in [6.45, 7) is 0. The first-order valence-corrected chi connectivity index (χ1v) is 15.5. The first-order valence-electron chi connectivity index (χ1n) is 15.5. The van der Waals surface area contributed by atoms with Gasteiger partial charge in [-0.15, -0.1) is 0 Å². The summed E-state index contributed by atoms with van der Waals surface area (Å²) in [5.41, 5.74) is 5.25. The standard InChI is InChI=1S/C43H27N3/c1-2-12-31(13-3-1)41-44-42(32-21-18-29(19-22-32)34-23-20-28-10-4-5-14-33(28)26-34)46-43(45-41)40-37-17-9-7-15-35(37)27-39-36-16-8-6-11-30(36)24-25-38(39)40/h1-27H. The number of rotatable bonds is 4. The van der Waals surface area contributed by atoms with Crippen LogP contribution in [-0.2, 0) is 0 Å². The predicted octanol–water partition coefficient (Wildman–Crippen LogP) is 11.2. The molecular formula is C43H27N3. The highest BCUT2D eigenvalue weighted by Crippen LogP contribution is 2.39. The van der Waals surface area contributed by atoms with Crippen molar-refractivity contribution in [2.24, 2.45) is 0 Å². The Kier molecular flexibility index (Phi) is 6.14. The fourth-order valence-electron chi connectivity index (χ4n) is 6.57. The number of hydrogen-bond donors (Lipinski definition) is 0. The van der Waals surface area contributed by atoms with Crippen LogP contribution in [0, 0.1) is 0 Å². The zero-order valence-corrected chi connectivity index (χ0v) is 24.9. The zero-order valence-electron chi connectivity index (χ0n) is 24.9. The summed E-state index contributed by atoms with van der Waals surface area (Å²) in [5, 5.41) is 9.49. The summed E-state index contributed by atoms with van der Waals surface area (Å²) in [6.07, 6.45) is 0. The van der Waals surface area contributed by atoms with Gasteiger partial charge < -0.3 is 0 Å². The number of aromatic nitrogens is 3. The van der Waals surface area contributed by atoms with Gasteiger partial charge in [0.15, 0.2) is 17.5 Å². The molecule has 9 rings (SSSR count). The van der Waals surface area contributed by atoms with Crippen LogP contribution in [0.5, 0.6) is 0 Å². The maximum Gasteiger partial charge on any atom is 0.165 e. The quantitative estimate of drug-likeness (QED) is 0.152. The Morgan fingerprint density at radius 1 is 0.261 bits per heavy atom. The Morgan fingerprint density at radius 2 is 0.804 bits per heavy atom. The lowest BCUT2D eigenvalue weighted by Gasteiger charge is -2.14. The molecule has 0 aliphatic carbocycles. The van der Waals surface area contributed by atoms with Gasteiger partial charge in [-0.1, -0.05) is 152 Å². The third kappa shape index (κ3) is 4.49. The first-order chi connectivity index (χ1) is 22.8. The molecule has 0 aliphatic heterocycles. The van der Waals surface area contributed by atoms with Crippen molar-refractivity contribution in [1.82, 2.24) is 15.0 Å². The van der Waals surface area contributed by atoms with Crippen LogP contribution in [0.3, 0.4) is 0 Å². The molecule has 1 aromatic heterocycles. The average molecular weight is 586 g/mol. The van der Waals surface area contributed by atoms with E-state index >= 15 is 0 Å². The Bertz CT molecular complexity index is 2570. The molecule has 8 aromatic carbocycles. The third-order valence-corrected chi connectivity index (χ3v) is 8.89. The van der Waals surface area contributed by atoms with Gasteiger partial charge in [0, 0.05) is 16.7 Å². The van der Waals surface area contributed by atoms with Crippen LogP contribution < -0.4 is 0 Å². The van der Waals surface area contributed by atoms with Gasteiger partial charge in [-0.2, -0.15) is 0 Å². The van der Waals surface area contributed by atoms with Crippen molar-refractivity contribution < 1.29 is 0 Å². The highest BCUT2D eigenvalue weighted by Gasteiger charge is 2.18. The molecule has 0 saturated carbocycles. The van der Waals surface area contributed by atoms with Gasteiger partial charge in [-0.05, 0) is 66.3 Å². The molecule has 9 aromatic rings. The Morgan fingerprint density at radius 3 is 1.59 bits per heavy atom. The first kappa shape index (κ1) is 26.2. The van der Waals surface area contributed by atoms with E-state index in [1.165, 1.54) is 32.5 Å². The smallest absolute Gasteiger partial charge is 0.165 e. The van der Waals surface area contributed by atoms with Crippen molar-refractivity contribution in [1.29, 1.82) is 0 Å². The number of hydrogen-bond acceptors (Lipinski definition) is 3. The van der Waals surface area contributed by atoms with Crippen LogP contribution in [0.4, 0.5) is 0 Å². The largest absolute Gasteiger partial charge is 0.208 e. The molecule has 0 fully saturated rings. The third-order valence-electron chi connectivity index (χ3n) is 8.89. The summed E-state index contributed by atoms with van der Waals surface area (Å²) in [4.78, 5) is 15.4. The minimum absolute atomic E-state index is 0.649. The van der Waals surface area contributed by atoms with Crippen LogP contribution in [0.15, 0.2) is 164 Å². The minimum atomic E-state index is 0.649. The topological polar surface area (TPSA) is 38.7 Å². The molecule has 46 heavy (non-hydrogen) atoms. The Balaban J connectivity index is 1.26. The fraction of sp³-hybridized carbons (Fsp3) is 0. The van der Waals surface area contributed by atoms with E-state index in [0.29, 0.717) is 17.5 Å². The molecule has 0 bridgehead atoms. The Labute approximate surface area is 266 Å². The van der Waals surface area contributed by atoms with Gasteiger partial charge in [0.2, 0.25) is 0 Å². The van der Waals surface area contributed by atoms with Crippen LogP contribution in [0.1, 0.15) is 0 Å². The zero-order chi connectivity index (χ0) is 30.5. The molecule has 0 N–H and O–H groups in total. The Hall–Kier alpha value is -6.19. The number of benzene rings is 8. The maximum atomic E-state index is 5.20. The van der Waals surface area contributed by atoms with Gasteiger partial charge in [0.05, 0.1) is 0 Å². The lowest BCUT2D eigenvalue weighted by Crippen LogP contribution is -2.01. The van der Waals surface area contributed by atoms with Gasteiger partial charge in [-0.3, -0.25) is 0 Å². The second-order valence-corrected chi connectivity index (χ2v) is 11.7. The lowest BCUT2D eigenvalue weighted by molar-refractivity contribution is 1.08. The van der Waals surface area contributed by atoms with Crippen molar-refractivity contribution >= 4 is 43.1 Å². The molecule has 3 nitrogen and oxygen atoms in total. The van der Waals surface area contributed by atoms with E-state index < -0.39 is 0 Å². The normalized spacial score (nSPS) is 11.5. The maximum absolute atomic E-state index is 5.20. The number of nitrogens with zero attached hydrogens (tertiary/aromatic N) is 3. The molecule has 0 amide bonds. The molecule has 0 atom stereocenters. The van der Waals surface area contributed by atoms with Crippen LogP contribution in [0.2, 0.25) is 0 Å². The molecule has 214 valence electrons. The SMILES string of the molecule is c1ccc(-c2nc(-c3ccc(-c4ccc5ccccc5c4)cc3)nc(-c3c4ccccc4cc4c3ccc3ccccc34)n2)cc1. The summed E-state index contributed by atoms with van der Waals surface area (Å²) in [6, 6.07) is 57.6. The van der Waals surface area contributed by atoms with Crippen LogP contribution in [-0.4, -0.2) is 15.0 Å². The second-order valence-electron chi connectivity index (χ2n) is 11.7. The molecule has 0 radical (unpaired) electrons.